The summed E-state index contributed by atoms with van der Waals surface area (Å²) < 4.78 is 26.2. The second-order valence-corrected chi connectivity index (χ2v) is 8.27. The molecular formula is C18H21N3O4S. The summed E-state index contributed by atoms with van der Waals surface area (Å²) in [7, 11) is -2.46. The molecule has 0 amide bonds. The van der Waals surface area contributed by atoms with Crippen molar-refractivity contribution in [3.8, 4) is 0 Å². The monoisotopic (exact) mass is 375 g/mol. The molecule has 2 aromatic rings. The summed E-state index contributed by atoms with van der Waals surface area (Å²) in [6.45, 7) is 2.71. The summed E-state index contributed by atoms with van der Waals surface area (Å²) in [6.07, 6.45) is 1.82. The van der Waals surface area contributed by atoms with Crippen molar-refractivity contribution in [1.82, 2.24) is 4.72 Å². The minimum absolute atomic E-state index is 0.0420. The first-order valence-electron chi connectivity index (χ1n) is 8.38. The number of nitro groups is 1. The van der Waals surface area contributed by atoms with Crippen LogP contribution in [0.15, 0.2) is 47.4 Å². The highest BCUT2D eigenvalue weighted by Gasteiger charge is 2.32. The van der Waals surface area contributed by atoms with Crippen LogP contribution in [0.5, 0.6) is 0 Å². The molecular weight excluding hydrogens is 354 g/mol. The Bertz CT molecular complexity index is 943. The van der Waals surface area contributed by atoms with Crippen molar-refractivity contribution >= 4 is 21.4 Å². The fourth-order valence-electron chi connectivity index (χ4n) is 3.46. The van der Waals surface area contributed by atoms with Gasteiger partial charge in [-0.1, -0.05) is 29.8 Å². The van der Waals surface area contributed by atoms with Gasteiger partial charge < -0.3 is 4.90 Å². The summed E-state index contributed by atoms with van der Waals surface area (Å²) in [6, 6.07) is 12.3. The van der Waals surface area contributed by atoms with E-state index in [1.807, 2.05) is 30.0 Å². The Morgan fingerprint density at radius 3 is 2.65 bits per heavy atom. The van der Waals surface area contributed by atoms with Crippen LogP contribution in [-0.2, 0) is 10.0 Å². The third-order valence-electron chi connectivity index (χ3n) is 4.71. The van der Waals surface area contributed by atoms with Crippen LogP contribution in [0, 0.1) is 17.0 Å². The zero-order valence-corrected chi connectivity index (χ0v) is 15.5. The molecule has 0 bridgehead atoms. The number of sulfonamides is 1. The van der Waals surface area contributed by atoms with Crippen molar-refractivity contribution in [3.63, 3.8) is 0 Å². The first-order chi connectivity index (χ1) is 12.3. The van der Waals surface area contributed by atoms with Crippen LogP contribution in [0.1, 0.15) is 30.0 Å². The van der Waals surface area contributed by atoms with Gasteiger partial charge in [-0.15, -0.1) is 0 Å². The van der Waals surface area contributed by atoms with E-state index in [4.69, 9.17) is 0 Å². The predicted molar refractivity (Wildman–Crippen MR) is 99.8 cm³/mol. The van der Waals surface area contributed by atoms with E-state index in [2.05, 4.69) is 10.8 Å². The van der Waals surface area contributed by atoms with Crippen LogP contribution in [-0.4, -0.2) is 26.9 Å². The fourth-order valence-corrected chi connectivity index (χ4v) is 4.21. The highest BCUT2D eigenvalue weighted by atomic mass is 32.2. The summed E-state index contributed by atoms with van der Waals surface area (Å²) in [4.78, 5) is 13.0. The van der Waals surface area contributed by atoms with Gasteiger partial charge in [-0.2, -0.15) is 0 Å². The second-order valence-electron chi connectivity index (χ2n) is 6.38. The maximum atomic E-state index is 12.0. The number of nitro benzene ring substituents is 1. The number of hydrogen-bond donors (Lipinski definition) is 1. The quantitative estimate of drug-likeness (QED) is 0.640. The molecule has 138 valence electrons. The summed E-state index contributed by atoms with van der Waals surface area (Å²) >= 11 is 0. The standard InChI is InChI=1S/C18H21N3O4S/c1-13-5-3-6-14(11-13)16-7-4-10-20(16)17-9-8-15(26(24,25)19-2)12-18(17)21(22)23/h3,5-6,8-9,11-12,16,19H,4,7,10H2,1-2H3. The van der Waals surface area contributed by atoms with Gasteiger partial charge in [0.15, 0.2) is 0 Å². The largest absolute Gasteiger partial charge is 0.359 e. The molecule has 1 unspecified atom stereocenters. The molecule has 1 aliphatic heterocycles. The normalized spacial score (nSPS) is 17.5. The van der Waals surface area contributed by atoms with E-state index in [0.29, 0.717) is 12.2 Å². The first kappa shape index (κ1) is 18.3. The molecule has 0 saturated carbocycles. The number of nitrogens with one attached hydrogen (secondary N) is 1. The van der Waals surface area contributed by atoms with Crippen LogP contribution in [0.4, 0.5) is 11.4 Å². The lowest BCUT2D eigenvalue weighted by Gasteiger charge is -2.27. The van der Waals surface area contributed by atoms with Crippen LogP contribution >= 0.6 is 0 Å². The molecule has 0 aliphatic carbocycles. The fraction of sp³-hybridized carbons (Fsp3) is 0.333. The van der Waals surface area contributed by atoms with Crippen molar-refractivity contribution in [2.45, 2.75) is 30.7 Å². The van der Waals surface area contributed by atoms with Gasteiger partial charge in [-0.25, -0.2) is 13.1 Å². The molecule has 0 aromatic heterocycles. The Labute approximate surface area is 152 Å². The lowest BCUT2D eigenvalue weighted by atomic mass is 10.0. The molecule has 0 spiro atoms. The lowest BCUT2D eigenvalue weighted by molar-refractivity contribution is -0.384. The Morgan fingerprint density at radius 2 is 2.00 bits per heavy atom. The number of anilines is 1. The van der Waals surface area contributed by atoms with Crippen LogP contribution in [0.2, 0.25) is 0 Å². The Hall–Kier alpha value is -2.45. The molecule has 8 heteroatoms. The first-order valence-corrected chi connectivity index (χ1v) is 9.87. The van der Waals surface area contributed by atoms with Gasteiger partial charge in [-0.05, 0) is 44.5 Å². The van der Waals surface area contributed by atoms with Crippen LogP contribution in [0.25, 0.3) is 0 Å². The highest BCUT2D eigenvalue weighted by molar-refractivity contribution is 7.89. The maximum absolute atomic E-state index is 12.0. The molecule has 2 aromatic carbocycles. The zero-order valence-electron chi connectivity index (χ0n) is 14.7. The van der Waals surface area contributed by atoms with E-state index >= 15 is 0 Å². The van der Waals surface area contributed by atoms with Gasteiger partial charge in [0.1, 0.15) is 5.69 Å². The van der Waals surface area contributed by atoms with Gasteiger partial charge in [0.25, 0.3) is 5.69 Å². The Kier molecular flexibility index (Phi) is 4.97. The van der Waals surface area contributed by atoms with Crippen LogP contribution < -0.4 is 9.62 Å². The van der Waals surface area contributed by atoms with Crippen molar-refractivity contribution in [1.29, 1.82) is 0 Å². The minimum atomic E-state index is -3.74. The van der Waals surface area contributed by atoms with E-state index in [1.54, 1.807) is 0 Å². The zero-order chi connectivity index (χ0) is 18.9. The van der Waals surface area contributed by atoms with Gasteiger partial charge in [-0.3, -0.25) is 10.1 Å². The third kappa shape index (κ3) is 3.42. The molecule has 1 atom stereocenters. The summed E-state index contributed by atoms with van der Waals surface area (Å²) in [5, 5.41) is 11.6. The van der Waals surface area contributed by atoms with E-state index < -0.39 is 14.9 Å². The lowest BCUT2D eigenvalue weighted by Crippen LogP contribution is -2.24. The molecule has 1 saturated heterocycles. The van der Waals surface area contributed by atoms with E-state index in [9.17, 15) is 18.5 Å². The molecule has 1 heterocycles. The van der Waals surface area contributed by atoms with E-state index in [-0.39, 0.29) is 16.6 Å². The molecule has 1 fully saturated rings. The van der Waals surface area contributed by atoms with Crippen molar-refractivity contribution in [2.24, 2.45) is 0 Å². The van der Waals surface area contributed by atoms with Crippen molar-refractivity contribution < 1.29 is 13.3 Å². The van der Waals surface area contributed by atoms with Gasteiger partial charge >= 0.3 is 0 Å². The predicted octanol–water partition coefficient (Wildman–Crippen LogP) is 3.15. The molecule has 7 nitrogen and oxygen atoms in total. The molecule has 26 heavy (non-hydrogen) atoms. The van der Waals surface area contributed by atoms with Gasteiger partial charge in [0, 0.05) is 12.6 Å². The molecule has 0 radical (unpaired) electrons. The molecule has 1 N–H and O–H groups in total. The average Bonchev–Trinajstić information content (AvgIpc) is 3.10. The average molecular weight is 375 g/mol. The number of rotatable bonds is 5. The molecule has 1 aliphatic rings. The number of benzene rings is 2. The minimum Gasteiger partial charge on any atom is -0.359 e. The smallest absolute Gasteiger partial charge is 0.293 e. The van der Waals surface area contributed by atoms with E-state index in [1.165, 1.54) is 19.2 Å². The number of hydrogen-bond acceptors (Lipinski definition) is 5. The highest BCUT2D eigenvalue weighted by Crippen LogP contribution is 2.41. The van der Waals surface area contributed by atoms with E-state index in [0.717, 1.165) is 30.0 Å². The third-order valence-corrected chi connectivity index (χ3v) is 6.12. The number of aryl methyl sites for hydroxylation is 1. The Morgan fingerprint density at radius 1 is 1.23 bits per heavy atom. The summed E-state index contributed by atoms with van der Waals surface area (Å²) in [5.41, 5.74) is 2.51. The van der Waals surface area contributed by atoms with Crippen LogP contribution in [0.3, 0.4) is 0 Å². The van der Waals surface area contributed by atoms with Gasteiger partial charge in [0.2, 0.25) is 10.0 Å². The SMILES string of the molecule is CNS(=O)(=O)c1ccc(N2CCCC2c2cccc(C)c2)c([N+](=O)[O-])c1. The Balaban J connectivity index is 2.06. The molecule has 3 rings (SSSR count). The summed E-state index contributed by atoms with van der Waals surface area (Å²) in [5.74, 6) is 0. The maximum Gasteiger partial charge on any atom is 0.293 e. The second kappa shape index (κ2) is 7.05. The van der Waals surface area contributed by atoms with Crippen molar-refractivity contribution in [2.75, 3.05) is 18.5 Å². The number of nitrogens with zero attached hydrogens (tertiary/aromatic N) is 2. The van der Waals surface area contributed by atoms with Gasteiger partial charge in [0.05, 0.1) is 15.9 Å². The van der Waals surface area contributed by atoms with Crippen molar-refractivity contribution in [3.05, 3.63) is 63.7 Å². The topological polar surface area (TPSA) is 92.6 Å².